The second-order valence-electron chi connectivity index (χ2n) is 10.8. The van der Waals surface area contributed by atoms with Crippen LogP contribution in [0.25, 0.3) is 27.7 Å². The van der Waals surface area contributed by atoms with Crippen molar-refractivity contribution in [1.29, 1.82) is 0 Å². The summed E-state index contributed by atoms with van der Waals surface area (Å²) in [7, 11) is 3.67. The number of halogens is 1. The number of methoxy groups -OCH3 is 1. The number of anilines is 1. The van der Waals surface area contributed by atoms with Crippen molar-refractivity contribution < 1.29 is 28.9 Å². The molecule has 12 nitrogen and oxygen atoms in total. The number of pyridine rings is 1. The highest BCUT2D eigenvalue weighted by molar-refractivity contribution is 5.98. The molecule has 2 aliphatic rings. The Morgan fingerprint density at radius 3 is 2.33 bits per heavy atom. The summed E-state index contributed by atoms with van der Waals surface area (Å²) in [5.74, 6) is -2.39. The molecule has 228 valence electrons. The van der Waals surface area contributed by atoms with E-state index in [9.17, 15) is 14.0 Å². The summed E-state index contributed by atoms with van der Waals surface area (Å²) in [5.41, 5.74) is 4.20. The Kier molecular flexibility index (Phi) is 9.31. The molecule has 3 aromatic heterocycles. The van der Waals surface area contributed by atoms with Gasteiger partial charge in [0.15, 0.2) is 17.2 Å². The van der Waals surface area contributed by atoms with Crippen LogP contribution in [0, 0.1) is 5.82 Å². The van der Waals surface area contributed by atoms with Gasteiger partial charge in [-0.1, -0.05) is 0 Å². The van der Waals surface area contributed by atoms with Gasteiger partial charge < -0.3 is 24.7 Å². The Hall–Kier alpha value is -4.36. The number of carbonyl (C=O) groups is 2. The number of fused-ring (bicyclic) bond motifs is 2. The Bertz CT molecular complexity index is 1580. The number of piperidine rings is 1. The fourth-order valence-electron chi connectivity index (χ4n) is 5.65. The second-order valence-corrected chi connectivity index (χ2v) is 10.8. The number of rotatable bonds is 7. The molecule has 0 unspecified atom stereocenters. The lowest BCUT2D eigenvalue weighted by atomic mass is 10.0. The van der Waals surface area contributed by atoms with Crippen LogP contribution in [0.3, 0.4) is 0 Å². The molecule has 0 spiro atoms. The molecule has 13 heteroatoms. The summed E-state index contributed by atoms with van der Waals surface area (Å²) >= 11 is 0. The van der Waals surface area contributed by atoms with Gasteiger partial charge >= 0.3 is 11.9 Å². The molecule has 0 radical (unpaired) electrons. The van der Waals surface area contributed by atoms with Gasteiger partial charge in [-0.2, -0.15) is 5.10 Å². The molecule has 0 atom stereocenters. The molecule has 5 heterocycles. The van der Waals surface area contributed by atoms with Crippen LogP contribution in [0.1, 0.15) is 25.7 Å². The molecule has 2 aliphatic heterocycles. The predicted molar refractivity (Wildman–Crippen MR) is 159 cm³/mol. The first-order valence-corrected chi connectivity index (χ1v) is 14.3. The Morgan fingerprint density at radius 1 is 0.977 bits per heavy atom. The van der Waals surface area contributed by atoms with Gasteiger partial charge in [-0.15, -0.1) is 0 Å². The molecule has 0 amide bonds. The highest BCUT2D eigenvalue weighted by Gasteiger charge is 2.27. The van der Waals surface area contributed by atoms with Crippen molar-refractivity contribution >= 4 is 34.2 Å². The van der Waals surface area contributed by atoms with Gasteiger partial charge in [-0.25, -0.2) is 13.9 Å². The van der Waals surface area contributed by atoms with E-state index in [4.69, 9.17) is 19.9 Å². The van der Waals surface area contributed by atoms with Crippen LogP contribution >= 0.6 is 0 Å². The average molecular weight is 594 g/mol. The first-order chi connectivity index (χ1) is 20.7. The van der Waals surface area contributed by atoms with Gasteiger partial charge in [0.25, 0.3) is 0 Å². The van der Waals surface area contributed by atoms with E-state index in [0.29, 0.717) is 11.6 Å². The lowest BCUT2D eigenvalue weighted by Gasteiger charge is -2.42. The number of ether oxygens (including phenoxy) is 1. The number of benzene rings is 1. The summed E-state index contributed by atoms with van der Waals surface area (Å²) in [4.78, 5) is 35.9. The summed E-state index contributed by atoms with van der Waals surface area (Å²) in [5, 5.41) is 21.2. The maximum Gasteiger partial charge on any atom is 0.303 e. The van der Waals surface area contributed by atoms with Gasteiger partial charge in [0.2, 0.25) is 0 Å². The number of aliphatic carboxylic acids is 2. The van der Waals surface area contributed by atoms with Crippen LogP contribution in [0.2, 0.25) is 0 Å². The zero-order chi connectivity index (χ0) is 30.5. The van der Waals surface area contributed by atoms with Crippen LogP contribution in [0.5, 0.6) is 5.75 Å². The number of likely N-dealkylation sites (N-methyl/N-ethyl adjacent to an activating group) is 1. The molecule has 0 aliphatic carbocycles. The summed E-state index contributed by atoms with van der Waals surface area (Å²) < 4.78 is 21.2. The van der Waals surface area contributed by atoms with Crippen molar-refractivity contribution in [1.82, 2.24) is 29.4 Å². The minimum absolute atomic E-state index is 0.193. The summed E-state index contributed by atoms with van der Waals surface area (Å²) in [6, 6.07) is 5.68. The molecular weight excluding hydrogens is 557 g/mol. The van der Waals surface area contributed by atoms with Gasteiger partial charge in [0, 0.05) is 68.5 Å². The van der Waals surface area contributed by atoms with E-state index in [1.807, 2.05) is 23.0 Å². The van der Waals surface area contributed by atoms with Crippen molar-refractivity contribution in [3.05, 3.63) is 48.8 Å². The Balaban J connectivity index is 0.000000407. The SMILES string of the molecule is COc1cc2c(-c3cnn4cc(N5CCC(N6CCN(C)CC6)CC5)cnc34)ccnc2cc1F.O=C(O)CCC(=O)O. The van der Waals surface area contributed by atoms with Crippen molar-refractivity contribution in [2.45, 2.75) is 31.7 Å². The Morgan fingerprint density at radius 2 is 1.67 bits per heavy atom. The van der Waals surface area contributed by atoms with Crippen LogP contribution in [-0.2, 0) is 9.59 Å². The number of hydrogen-bond donors (Lipinski definition) is 2. The van der Waals surface area contributed by atoms with Crippen LogP contribution in [0.4, 0.5) is 10.1 Å². The molecule has 0 saturated carbocycles. The summed E-state index contributed by atoms with van der Waals surface area (Å²) in [6.45, 7) is 6.73. The van der Waals surface area contributed by atoms with E-state index in [1.54, 1.807) is 12.3 Å². The largest absolute Gasteiger partial charge is 0.494 e. The molecule has 43 heavy (non-hydrogen) atoms. The van der Waals surface area contributed by atoms with Crippen molar-refractivity contribution in [2.75, 3.05) is 58.3 Å². The maximum atomic E-state index is 14.2. The topological polar surface area (TPSA) is 137 Å². The molecule has 0 bridgehead atoms. The third kappa shape index (κ3) is 7.00. The van der Waals surface area contributed by atoms with Crippen molar-refractivity contribution in [2.24, 2.45) is 0 Å². The second kappa shape index (κ2) is 13.3. The Labute approximate surface area is 248 Å². The molecule has 2 fully saturated rings. The van der Waals surface area contributed by atoms with Crippen LogP contribution < -0.4 is 9.64 Å². The fraction of sp³-hybridized carbons (Fsp3) is 0.433. The number of nitrogens with zero attached hydrogens (tertiary/aromatic N) is 7. The van der Waals surface area contributed by atoms with Gasteiger partial charge in [0.1, 0.15) is 0 Å². The lowest BCUT2D eigenvalue weighted by Crippen LogP contribution is -2.52. The smallest absolute Gasteiger partial charge is 0.303 e. The molecule has 2 saturated heterocycles. The molecule has 2 N–H and O–H groups in total. The summed E-state index contributed by atoms with van der Waals surface area (Å²) in [6.07, 6.45) is 9.26. The van der Waals surface area contributed by atoms with Crippen LogP contribution in [-0.4, -0.2) is 111 Å². The van der Waals surface area contributed by atoms with E-state index in [-0.39, 0.29) is 18.6 Å². The first kappa shape index (κ1) is 30.1. The van der Waals surface area contributed by atoms with Gasteiger partial charge in [-0.3, -0.25) is 19.5 Å². The molecule has 1 aromatic carbocycles. The van der Waals surface area contributed by atoms with Gasteiger partial charge in [-0.05, 0) is 37.6 Å². The van der Waals surface area contributed by atoms with E-state index in [1.165, 1.54) is 39.1 Å². The highest BCUT2D eigenvalue weighted by Crippen LogP contribution is 2.34. The lowest BCUT2D eigenvalue weighted by molar-refractivity contribution is -0.143. The average Bonchev–Trinajstić information content (AvgIpc) is 3.43. The van der Waals surface area contributed by atoms with E-state index < -0.39 is 17.8 Å². The number of carboxylic acid groups (broad SMARTS) is 2. The monoisotopic (exact) mass is 593 g/mol. The predicted octanol–water partition coefficient (Wildman–Crippen LogP) is 3.24. The van der Waals surface area contributed by atoms with E-state index in [2.05, 4.69) is 38.0 Å². The fourth-order valence-corrected chi connectivity index (χ4v) is 5.65. The number of hydrogen-bond acceptors (Lipinski definition) is 9. The zero-order valence-corrected chi connectivity index (χ0v) is 24.3. The van der Waals surface area contributed by atoms with Gasteiger partial charge in [0.05, 0.1) is 49.7 Å². The van der Waals surface area contributed by atoms with E-state index in [0.717, 1.165) is 54.0 Å². The molecular formula is C30H36FN7O5. The standard InChI is InChI=1S/C26H30FN7O.C4H6O4/c1-31-9-11-33(12-10-31)18-4-7-32(8-5-18)19-15-29-26-22(16-30-34(26)17-19)20-3-6-28-24-14-23(27)25(35-2)13-21(20)24;5-3(6)1-2-4(7)8/h3,6,13-18H,4-5,7-12H2,1-2H3;1-2H2,(H,5,6)(H,7,8). The number of piperazine rings is 1. The quantitative estimate of drug-likeness (QED) is 0.327. The van der Waals surface area contributed by atoms with Crippen molar-refractivity contribution in [3.63, 3.8) is 0 Å². The third-order valence-corrected chi connectivity index (χ3v) is 8.08. The molecule has 6 rings (SSSR count). The maximum absolute atomic E-state index is 14.2. The third-order valence-electron chi connectivity index (χ3n) is 8.08. The minimum Gasteiger partial charge on any atom is -0.494 e. The highest BCUT2D eigenvalue weighted by atomic mass is 19.1. The number of carboxylic acids is 2. The minimum atomic E-state index is -1.08. The molecule has 4 aromatic rings. The first-order valence-electron chi connectivity index (χ1n) is 14.3. The zero-order valence-electron chi connectivity index (χ0n) is 24.3. The van der Waals surface area contributed by atoms with E-state index >= 15 is 0 Å². The van der Waals surface area contributed by atoms with Crippen LogP contribution in [0.15, 0.2) is 43.0 Å². The normalized spacial score (nSPS) is 16.7. The number of aromatic nitrogens is 4. The van der Waals surface area contributed by atoms with Crippen molar-refractivity contribution in [3.8, 4) is 16.9 Å².